The van der Waals surface area contributed by atoms with Crippen LogP contribution in [0.3, 0.4) is 0 Å². The molecule has 40 heavy (non-hydrogen) atoms. The van der Waals surface area contributed by atoms with Gasteiger partial charge in [-0.25, -0.2) is 18.3 Å². The summed E-state index contributed by atoms with van der Waals surface area (Å²) in [5.41, 5.74) is -2.72. The molecule has 0 N–H and O–H groups in total. The quantitative estimate of drug-likeness (QED) is 0.236. The number of hydrogen-bond acceptors (Lipinski definition) is 8. The lowest BCUT2D eigenvalue weighted by atomic mass is 9.95. The van der Waals surface area contributed by atoms with E-state index in [2.05, 4.69) is 0 Å². The minimum Gasteiger partial charge on any atom is -0.416 e. The molecule has 0 bridgehead atoms. The summed E-state index contributed by atoms with van der Waals surface area (Å²) in [6.07, 6.45) is 5.43. The molecule has 0 aromatic heterocycles. The van der Waals surface area contributed by atoms with Crippen LogP contribution < -0.4 is 0 Å². The van der Waals surface area contributed by atoms with Crippen LogP contribution in [0.25, 0.3) is 0 Å². The Balaban J connectivity index is 1.86. The van der Waals surface area contributed by atoms with Crippen LogP contribution in [0, 0.1) is 21.7 Å². The van der Waals surface area contributed by atoms with E-state index in [0.29, 0.717) is 0 Å². The van der Waals surface area contributed by atoms with Crippen LogP contribution in [-0.4, -0.2) is 17.8 Å². The topological polar surface area (TPSA) is 118 Å². The maximum absolute atomic E-state index is 15.2. The predicted molar refractivity (Wildman–Crippen MR) is 152 cm³/mol. The Labute approximate surface area is 237 Å². The molecule has 0 aromatic rings. The van der Waals surface area contributed by atoms with Gasteiger partial charge in [0.1, 0.15) is 23.0 Å². The second-order valence-electron chi connectivity index (χ2n) is 14.6. The molecule has 0 radical (unpaired) electrons. The summed E-state index contributed by atoms with van der Waals surface area (Å²) in [6.45, 7) is 22.1. The van der Waals surface area contributed by atoms with Crippen molar-refractivity contribution in [2.24, 2.45) is 21.7 Å². The van der Waals surface area contributed by atoms with E-state index in [1.54, 1.807) is 0 Å². The highest BCUT2D eigenvalue weighted by Gasteiger charge is 2.75. The van der Waals surface area contributed by atoms with Crippen LogP contribution in [-0.2, 0) is 36.4 Å². The van der Waals surface area contributed by atoms with E-state index < -0.39 is 52.3 Å². The third kappa shape index (κ3) is 4.00. The van der Waals surface area contributed by atoms with Gasteiger partial charge in [0.15, 0.2) is 0 Å². The summed E-state index contributed by atoms with van der Waals surface area (Å²) >= 11 is 0. The predicted octanol–water partition coefficient (Wildman–Crippen LogP) is 9.31. The maximum Gasteiger partial charge on any atom is 0.467 e. The summed E-state index contributed by atoms with van der Waals surface area (Å²) in [7, 11) is -18.1. The smallest absolute Gasteiger partial charge is 0.416 e. The Morgan fingerprint density at radius 2 is 0.550 bits per heavy atom. The van der Waals surface area contributed by atoms with E-state index in [-0.39, 0.29) is 23.0 Å². The Bertz CT molecular complexity index is 1250. The molecule has 16 heteroatoms. The van der Waals surface area contributed by atoms with Crippen LogP contribution in [0.5, 0.6) is 0 Å². The summed E-state index contributed by atoms with van der Waals surface area (Å²) in [5, 5.41) is 0. The molecule has 0 saturated carbocycles. The molecule has 0 atom stereocenters. The third-order valence-corrected chi connectivity index (χ3v) is 19.1. The van der Waals surface area contributed by atoms with Crippen molar-refractivity contribution in [3.8, 4) is 0 Å². The second kappa shape index (κ2) is 8.01. The summed E-state index contributed by atoms with van der Waals surface area (Å²) in [6, 6.07) is 0. The summed E-state index contributed by atoms with van der Waals surface area (Å²) in [5.74, 6) is 0.927. The zero-order valence-electron chi connectivity index (χ0n) is 25.2. The second-order valence-corrected chi connectivity index (χ2v) is 23.9. The SMILES string of the molecule is CC(C)(C)C1=CN2P(=O)(O1)N1C=C(C(C)(C)C)OP1(=O)N1C=C(C(C)(C)C)OP1(=O)N1C=C(C(C)(C)C)OP21=O. The molecule has 224 valence electrons. The molecule has 1 fully saturated rings. The van der Waals surface area contributed by atoms with Gasteiger partial charge in [0.25, 0.3) is 0 Å². The fourth-order valence-corrected chi connectivity index (χ4v) is 18.2. The van der Waals surface area contributed by atoms with Crippen molar-refractivity contribution < 1.29 is 36.4 Å². The summed E-state index contributed by atoms with van der Waals surface area (Å²) in [4.78, 5) is 0. The van der Waals surface area contributed by atoms with Gasteiger partial charge in [0.2, 0.25) is 0 Å². The minimum atomic E-state index is -4.53. The minimum absolute atomic E-state index is 0.232. The van der Waals surface area contributed by atoms with E-state index in [1.165, 1.54) is 24.8 Å². The van der Waals surface area contributed by atoms with Crippen LogP contribution in [0.2, 0.25) is 0 Å². The van der Waals surface area contributed by atoms with E-state index >= 15 is 18.3 Å². The Morgan fingerprint density at radius 3 is 0.675 bits per heavy atom. The molecule has 0 amide bonds. The first kappa shape index (κ1) is 29.8. The first-order chi connectivity index (χ1) is 17.8. The molecule has 12 nitrogen and oxygen atoms in total. The van der Waals surface area contributed by atoms with Crippen LogP contribution in [0.15, 0.2) is 47.8 Å². The zero-order valence-corrected chi connectivity index (χ0v) is 28.7. The fourth-order valence-electron chi connectivity index (χ4n) is 4.21. The van der Waals surface area contributed by atoms with Gasteiger partial charge >= 0.3 is 30.7 Å². The third-order valence-electron chi connectivity index (χ3n) is 6.83. The van der Waals surface area contributed by atoms with Gasteiger partial charge in [-0.15, -0.1) is 0 Å². The van der Waals surface area contributed by atoms with Gasteiger partial charge in [0.05, 0.1) is 24.8 Å². The normalized spacial score (nSPS) is 35.5. The van der Waals surface area contributed by atoms with Gasteiger partial charge in [-0.3, -0.25) is 0 Å². The van der Waals surface area contributed by atoms with Crippen molar-refractivity contribution >= 4 is 30.7 Å². The lowest BCUT2D eigenvalue weighted by Gasteiger charge is -2.44. The molecule has 0 spiro atoms. The van der Waals surface area contributed by atoms with E-state index in [4.69, 9.17) is 18.1 Å². The largest absolute Gasteiger partial charge is 0.467 e. The number of allylic oxidation sites excluding steroid dienone is 4. The number of rotatable bonds is 0. The monoisotopic (exact) mass is 636 g/mol. The van der Waals surface area contributed by atoms with Crippen LogP contribution in [0.1, 0.15) is 83.1 Å². The van der Waals surface area contributed by atoms with Crippen molar-refractivity contribution in [1.29, 1.82) is 0 Å². The molecule has 5 rings (SSSR count). The molecule has 0 aromatic carbocycles. The van der Waals surface area contributed by atoms with Crippen molar-refractivity contribution in [2.45, 2.75) is 83.1 Å². The highest BCUT2D eigenvalue weighted by atomic mass is 31.3. The lowest BCUT2D eigenvalue weighted by Crippen LogP contribution is -2.32. The highest BCUT2D eigenvalue weighted by molar-refractivity contribution is 7.85. The van der Waals surface area contributed by atoms with E-state index in [1.807, 2.05) is 83.1 Å². The number of hydrogen-bond donors (Lipinski definition) is 0. The average Bonchev–Trinajstić information content (AvgIpc) is 3.48. The highest BCUT2D eigenvalue weighted by Crippen LogP contribution is 2.93. The Morgan fingerprint density at radius 1 is 0.400 bits per heavy atom. The first-order valence-corrected chi connectivity index (χ1v) is 19.2. The molecule has 0 unspecified atom stereocenters. The van der Waals surface area contributed by atoms with E-state index in [0.717, 1.165) is 17.8 Å². The molecule has 5 aliphatic heterocycles. The number of fused-ring (bicyclic) bond motifs is 8. The van der Waals surface area contributed by atoms with Crippen LogP contribution in [0.4, 0.5) is 0 Å². The Kier molecular flexibility index (Phi) is 5.96. The van der Waals surface area contributed by atoms with Gasteiger partial charge in [0, 0.05) is 21.7 Å². The van der Waals surface area contributed by atoms with Gasteiger partial charge in [-0.05, 0) is 0 Å². The van der Waals surface area contributed by atoms with Gasteiger partial charge < -0.3 is 18.1 Å². The number of nitrogens with zero attached hydrogens (tertiary/aromatic N) is 4. The molecule has 1 saturated heterocycles. The van der Waals surface area contributed by atoms with Crippen molar-refractivity contribution in [2.75, 3.05) is 0 Å². The fraction of sp³-hybridized carbons (Fsp3) is 0.667. The van der Waals surface area contributed by atoms with Gasteiger partial charge in [-0.2, -0.15) is 17.8 Å². The van der Waals surface area contributed by atoms with Crippen molar-refractivity contribution in [3.63, 3.8) is 0 Å². The van der Waals surface area contributed by atoms with Crippen LogP contribution >= 0.6 is 30.7 Å². The molecule has 0 aliphatic carbocycles. The van der Waals surface area contributed by atoms with Crippen molar-refractivity contribution in [1.82, 2.24) is 17.8 Å². The lowest BCUT2D eigenvalue weighted by molar-refractivity contribution is 0.261. The Hall–Kier alpha value is -1.72. The van der Waals surface area contributed by atoms with Gasteiger partial charge in [-0.1, -0.05) is 83.1 Å². The first-order valence-electron chi connectivity index (χ1n) is 13.1. The average molecular weight is 637 g/mol. The van der Waals surface area contributed by atoms with Crippen molar-refractivity contribution in [3.05, 3.63) is 47.8 Å². The maximum atomic E-state index is 15.2. The molecule has 5 heterocycles. The van der Waals surface area contributed by atoms with E-state index in [9.17, 15) is 0 Å². The summed E-state index contributed by atoms with van der Waals surface area (Å²) < 4.78 is 89.3. The molecule has 5 aliphatic rings. The standard InChI is InChI=1S/C24H40N4O8P4/c1-21(2,3)17-13-25-37(29,33-17)26-14-18(22(4,5)6)35-39(26,31)28-16-20(24(10,11)12)36-40(28,32)27-15-19(23(7,8)9)34-38(25,27)30/h13-16H,1-12H3. The molecular weight excluding hydrogens is 596 g/mol. The zero-order chi connectivity index (χ0) is 30.3. The molecular formula is C24H40N4O8P4.